The Hall–Kier alpha value is -3.04. The van der Waals surface area contributed by atoms with Crippen LogP contribution in [0.4, 0.5) is 27.6 Å². The second-order valence-corrected chi connectivity index (χ2v) is 7.33. The number of carbonyl (C=O) groups is 1. The lowest BCUT2D eigenvalue weighted by atomic mass is 10.0. The van der Waals surface area contributed by atoms with Crippen LogP contribution in [0.2, 0.25) is 0 Å². The van der Waals surface area contributed by atoms with Crippen LogP contribution < -0.4 is 14.4 Å². The van der Waals surface area contributed by atoms with Crippen molar-refractivity contribution in [1.82, 2.24) is 0 Å². The maximum atomic E-state index is 13.3. The van der Waals surface area contributed by atoms with E-state index in [-0.39, 0.29) is 31.7 Å². The molecule has 174 valence electrons. The minimum atomic E-state index is -4.36. The van der Waals surface area contributed by atoms with E-state index < -0.39 is 30.7 Å². The van der Waals surface area contributed by atoms with Gasteiger partial charge in [0.1, 0.15) is 18.1 Å². The normalized spacial score (nSPS) is 18.7. The number of methoxy groups -OCH3 is 1. The Kier molecular flexibility index (Phi) is 7.42. The molecule has 0 aromatic heterocycles. The summed E-state index contributed by atoms with van der Waals surface area (Å²) in [5.74, 6) is -1.72. The fraction of sp³-hybridized carbons (Fsp3) is 0.409. The molecule has 0 unspecified atom stereocenters. The van der Waals surface area contributed by atoms with E-state index in [0.29, 0.717) is 17.0 Å². The first-order valence-electron chi connectivity index (χ1n) is 9.83. The van der Waals surface area contributed by atoms with E-state index in [1.807, 2.05) is 0 Å². The van der Waals surface area contributed by atoms with Crippen LogP contribution in [-0.2, 0) is 16.1 Å². The maximum Gasteiger partial charge on any atom is 0.393 e. The van der Waals surface area contributed by atoms with E-state index in [2.05, 4.69) is 9.47 Å². The highest BCUT2D eigenvalue weighted by molar-refractivity contribution is 5.71. The highest BCUT2D eigenvalue weighted by Crippen LogP contribution is 2.40. The van der Waals surface area contributed by atoms with Crippen LogP contribution in [0.1, 0.15) is 18.4 Å². The highest BCUT2D eigenvalue weighted by atomic mass is 19.4. The molecule has 2 aromatic carbocycles. The molecule has 2 atom stereocenters. The number of hydrogen-bond donors (Lipinski definition) is 0. The van der Waals surface area contributed by atoms with Crippen molar-refractivity contribution in [3.63, 3.8) is 0 Å². The number of rotatable bonds is 8. The molecule has 2 aromatic rings. The Balaban J connectivity index is 1.69. The predicted octanol–water partition coefficient (Wildman–Crippen LogP) is 5.19. The maximum absolute atomic E-state index is 13.3. The van der Waals surface area contributed by atoms with E-state index in [1.165, 1.54) is 13.2 Å². The fourth-order valence-corrected chi connectivity index (χ4v) is 3.67. The first kappa shape index (κ1) is 23.6. The summed E-state index contributed by atoms with van der Waals surface area (Å²) in [6, 6.07) is 11.9. The molecular formula is C22H22F5NO4. The molecule has 5 nitrogen and oxygen atoms in total. The first-order valence-corrected chi connectivity index (χ1v) is 9.83. The van der Waals surface area contributed by atoms with Crippen molar-refractivity contribution >= 4 is 11.7 Å². The van der Waals surface area contributed by atoms with Gasteiger partial charge in [-0.1, -0.05) is 18.2 Å². The number of para-hydroxylation sites is 1. The van der Waals surface area contributed by atoms with Gasteiger partial charge in [0, 0.05) is 23.8 Å². The fourth-order valence-electron chi connectivity index (χ4n) is 3.67. The van der Waals surface area contributed by atoms with Crippen LogP contribution >= 0.6 is 0 Å². The van der Waals surface area contributed by atoms with Crippen molar-refractivity contribution in [1.29, 1.82) is 0 Å². The SMILES string of the molecule is COC(=O)C[C@@H]1C[C@H](C(F)(F)F)CN1c1ccc(OCc2ccccc2OC(F)F)cc1. The predicted molar refractivity (Wildman–Crippen MR) is 106 cm³/mol. The quantitative estimate of drug-likeness (QED) is 0.402. The van der Waals surface area contributed by atoms with Crippen LogP contribution in [-0.4, -0.2) is 38.5 Å². The highest BCUT2D eigenvalue weighted by Gasteiger charge is 2.48. The molecule has 0 bridgehead atoms. The summed E-state index contributed by atoms with van der Waals surface area (Å²) in [6.07, 6.45) is -4.71. The van der Waals surface area contributed by atoms with Gasteiger partial charge in [0.2, 0.25) is 0 Å². The molecule has 0 radical (unpaired) electrons. The van der Waals surface area contributed by atoms with E-state index in [0.717, 1.165) is 0 Å². The van der Waals surface area contributed by atoms with Gasteiger partial charge in [-0.2, -0.15) is 22.0 Å². The molecule has 1 heterocycles. The lowest BCUT2D eigenvalue weighted by Gasteiger charge is -2.26. The van der Waals surface area contributed by atoms with E-state index in [9.17, 15) is 26.7 Å². The molecule has 3 rings (SSSR count). The number of anilines is 1. The molecule has 0 saturated carbocycles. The van der Waals surface area contributed by atoms with Crippen LogP contribution in [0, 0.1) is 5.92 Å². The third kappa shape index (κ3) is 6.02. The van der Waals surface area contributed by atoms with Gasteiger partial charge in [-0.3, -0.25) is 4.79 Å². The number of hydrogen-bond acceptors (Lipinski definition) is 5. The third-order valence-electron chi connectivity index (χ3n) is 5.26. The molecule has 1 aliphatic rings. The summed E-state index contributed by atoms with van der Waals surface area (Å²) >= 11 is 0. The number of alkyl halides is 5. The van der Waals surface area contributed by atoms with Crippen LogP contribution in [0.15, 0.2) is 48.5 Å². The average molecular weight is 459 g/mol. The Morgan fingerprint density at radius 2 is 1.81 bits per heavy atom. The second kappa shape index (κ2) is 10.1. The molecule has 0 aliphatic carbocycles. The average Bonchev–Trinajstić information content (AvgIpc) is 3.17. The summed E-state index contributed by atoms with van der Waals surface area (Å²) in [6.45, 7) is -3.26. The molecular weight excluding hydrogens is 437 g/mol. The molecule has 10 heteroatoms. The van der Waals surface area contributed by atoms with Gasteiger partial charge >= 0.3 is 18.8 Å². The molecule has 1 aliphatic heterocycles. The van der Waals surface area contributed by atoms with Crippen LogP contribution in [0.5, 0.6) is 11.5 Å². The molecule has 32 heavy (non-hydrogen) atoms. The van der Waals surface area contributed by atoms with Gasteiger partial charge in [-0.15, -0.1) is 0 Å². The van der Waals surface area contributed by atoms with E-state index in [1.54, 1.807) is 47.4 Å². The van der Waals surface area contributed by atoms with E-state index in [4.69, 9.17) is 4.74 Å². The first-order chi connectivity index (χ1) is 15.2. The Bertz CT molecular complexity index is 904. The van der Waals surface area contributed by atoms with Crippen molar-refractivity contribution in [2.45, 2.75) is 38.3 Å². The Labute approximate surface area is 181 Å². The van der Waals surface area contributed by atoms with Gasteiger partial charge < -0.3 is 19.1 Å². The zero-order chi connectivity index (χ0) is 23.3. The van der Waals surface area contributed by atoms with Crippen molar-refractivity contribution in [3.05, 3.63) is 54.1 Å². The molecule has 1 fully saturated rings. The van der Waals surface area contributed by atoms with Gasteiger partial charge in [-0.05, 0) is 36.8 Å². The Morgan fingerprint density at radius 1 is 1.12 bits per heavy atom. The zero-order valence-electron chi connectivity index (χ0n) is 17.1. The second-order valence-electron chi connectivity index (χ2n) is 7.33. The van der Waals surface area contributed by atoms with Gasteiger partial charge in [0.05, 0.1) is 19.4 Å². The minimum absolute atomic E-state index is 0.0000291. The lowest BCUT2D eigenvalue weighted by molar-refractivity contribution is -0.169. The van der Waals surface area contributed by atoms with Gasteiger partial charge in [-0.25, -0.2) is 0 Å². The molecule has 1 saturated heterocycles. The third-order valence-corrected chi connectivity index (χ3v) is 5.26. The van der Waals surface area contributed by atoms with Crippen molar-refractivity contribution in [2.75, 3.05) is 18.6 Å². The standard InChI is InChI=1S/C22H22F5NO4/c1-30-20(29)11-17-10-15(22(25,26)27)12-28(17)16-6-8-18(9-7-16)31-13-14-4-2-3-5-19(14)32-21(23)24/h2-9,15,17,21H,10-13H2,1H3/t15-,17-/m0/s1. The zero-order valence-corrected chi connectivity index (χ0v) is 17.1. The van der Waals surface area contributed by atoms with Crippen LogP contribution in [0.3, 0.4) is 0 Å². The van der Waals surface area contributed by atoms with Gasteiger partial charge in [0.15, 0.2) is 0 Å². The number of esters is 1. The van der Waals surface area contributed by atoms with Crippen molar-refractivity contribution < 1.29 is 41.0 Å². The number of carbonyl (C=O) groups excluding carboxylic acids is 1. The van der Waals surface area contributed by atoms with Crippen LogP contribution in [0.25, 0.3) is 0 Å². The lowest BCUT2D eigenvalue weighted by Crippen LogP contribution is -2.32. The topological polar surface area (TPSA) is 48.0 Å². The largest absolute Gasteiger partial charge is 0.489 e. The number of ether oxygens (including phenoxy) is 3. The minimum Gasteiger partial charge on any atom is -0.489 e. The van der Waals surface area contributed by atoms with Crippen molar-refractivity contribution in [3.8, 4) is 11.5 Å². The Morgan fingerprint density at radius 3 is 2.44 bits per heavy atom. The summed E-state index contributed by atoms with van der Waals surface area (Å²) in [7, 11) is 1.19. The van der Waals surface area contributed by atoms with Gasteiger partial charge in [0.25, 0.3) is 0 Å². The summed E-state index contributed by atoms with van der Waals surface area (Å²) in [4.78, 5) is 13.2. The molecule has 0 amide bonds. The molecule has 0 spiro atoms. The van der Waals surface area contributed by atoms with Crippen molar-refractivity contribution in [2.24, 2.45) is 5.92 Å². The number of nitrogens with zero attached hydrogens (tertiary/aromatic N) is 1. The smallest absolute Gasteiger partial charge is 0.393 e. The number of halogens is 5. The monoisotopic (exact) mass is 459 g/mol. The molecule has 0 N–H and O–H groups in total. The summed E-state index contributed by atoms with van der Waals surface area (Å²) < 4.78 is 79.5. The van der Waals surface area contributed by atoms with E-state index >= 15 is 0 Å². The number of benzene rings is 2. The summed E-state index contributed by atoms with van der Waals surface area (Å²) in [5.41, 5.74) is 0.932. The summed E-state index contributed by atoms with van der Waals surface area (Å²) in [5, 5.41) is 0.